The summed E-state index contributed by atoms with van der Waals surface area (Å²) in [6.45, 7) is 6.47. The Bertz CT molecular complexity index is 468. The highest BCUT2D eigenvalue weighted by molar-refractivity contribution is 5.77. The molecule has 0 unspecified atom stereocenters. The van der Waals surface area contributed by atoms with Crippen molar-refractivity contribution >= 4 is 5.91 Å². The Labute approximate surface area is 119 Å². The SMILES string of the molecule is Cc1cc([C@H](C)N)ccc1OCC(=O)N1CCOCC1. The molecule has 0 radical (unpaired) electrons. The minimum Gasteiger partial charge on any atom is -0.484 e. The molecule has 1 fully saturated rings. The van der Waals surface area contributed by atoms with Crippen molar-refractivity contribution in [2.24, 2.45) is 5.73 Å². The summed E-state index contributed by atoms with van der Waals surface area (Å²) in [7, 11) is 0. The molecule has 0 bridgehead atoms. The lowest BCUT2D eigenvalue weighted by atomic mass is 10.1. The second-order valence-electron chi connectivity index (χ2n) is 5.10. The van der Waals surface area contributed by atoms with E-state index in [9.17, 15) is 4.79 Å². The summed E-state index contributed by atoms with van der Waals surface area (Å²) in [6.07, 6.45) is 0. The maximum absolute atomic E-state index is 12.0. The highest BCUT2D eigenvalue weighted by Gasteiger charge is 2.17. The molecule has 5 nitrogen and oxygen atoms in total. The quantitative estimate of drug-likeness (QED) is 0.900. The van der Waals surface area contributed by atoms with E-state index in [-0.39, 0.29) is 18.6 Å². The second-order valence-corrected chi connectivity index (χ2v) is 5.10. The fourth-order valence-electron chi connectivity index (χ4n) is 2.16. The van der Waals surface area contributed by atoms with E-state index in [4.69, 9.17) is 15.2 Å². The molecule has 0 aromatic heterocycles. The predicted molar refractivity (Wildman–Crippen MR) is 76.7 cm³/mol. The minimum absolute atomic E-state index is 0.00210. The van der Waals surface area contributed by atoms with Crippen molar-refractivity contribution in [3.63, 3.8) is 0 Å². The van der Waals surface area contributed by atoms with E-state index in [1.165, 1.54) is 0 Å². The summed E-state index contributed by atoms with van der Waals surface area (Å²) in [6, 6.07) is 5.81. The summed E-state index contributed by atoms with van der Waals surface area (Å²) in [5.41, 5.74) is 7.90. The topological polar surface area (TPSA) is 64.8 Å². The van der Waals surface area contributed by atoms with Crippen molar-refractivity contribution in [1.82, 2.24) is 4.90 Å². The number of nitrogens with zero attached hydrogens (tertiary/aromatic N) is 1. The van der Waals surface area contributed by atoms with E-state index in [1.54, 1.807) is 4.90 Å². The van der Waals surface area contributed by atoms with Gasteiger partial charge in [-0.3, -0.25) is 4.79 Å². The Morgan fingerprint density at radius 3 is 2.75 bits per heavy atom. The van der Waals surface area contributed by atoms with Gasteiger partial charge in [-0.15, -0.1) is 0 Å². The molecule has 1 aromatic rings. The summed E-state index contributed by atoms with van der Waals surface area (Å²) < 4.78 is 10.8. The molecule has 1 aliphatic heterocycles. The Morgan fingerprint density at radius 2 is 2.15 bits per heavy atom. The van der Waals surface area contributed by atoms with Crippen molar-refractivity contribution in [3.8, 4) is 5.75 Å². The monoisotopic (exact) mass is 278 g/mol. The average Bonchev–Trinajstić information content (AvgIpc) is 2.46. The standard InChI is InChI=1S/C15H22N2O3/c1-11-9-13(12(2)16)3-4-14(11)20-10-15(18)17-5-7-19-8-6-17/h3-4,9,12H,5-8,10,16H2,1-2H3/t12-/m0/s1. The lowest BCUT2D eigenvalue weighted by molar-refractivity contribution is -0.137. The van der Waals surface area contributed by atoms with Crippen molar-refractivity contribution in [3.05, 3.63) is 29.3 Å². The zero-order valence-electron chi connectivity index (χ0n) is 12.1. The first kappa shape index (κ1) is 14.8. The van der Waals surface area contributed by atoms with Gasteiger partial charge in [0.25, 0.3) is 5.91 Å². The number of rotatable bonds is 4. The molecule has 1 aromatic carbocycles. The van der Waals surface area contributed by atoms with Gasteiger partial charge in [0, 0.05) is 19.1 Å². The smallest absolute Gasteiger partial charge is 0.260 e. The third-order valence-electron chi connectivity index (χ3n) is 3.44. The molecule has 1 amide bonds. The number of carbonyl (C=O) groups excluding carboxylic acids is 1. The fraction of sp³-hybridized carbons (Fsp3) is 0.533. The number of nitrogens with two attached hydrogens (primary N) is 1. The first-order valence-corrected chi connectivity index (χ1v) is 6.92. The van der Waals surface area contributed by atoms with Crippen LogP contribution in [-0.2, 0) is 9.53 Å². The first-order valence-electron chi connectivity index (χ1n) is 6.92. The lowest BCUT2D eigenvalue weighted by Crippen LogP contribution is -2.43. The van der Waals surface area contributed by atoms with Crippen LogP contribution in [0, 0.1) is 6.92 Å². The molecule has 0 saturated carbocycles. The molecule has 1 atom stereocenters. The van der Waals surface area contributed by atoms with Gasteiger partial charge in [0.15, 0.2) is 6.61 Å². The molecule has 0 aliphatic carbocycles. The number of aryl methyl sites for hydroxylation is 1. The molecule has 2 N–H and O–H groups in total. The first-order chi connectivity index (χ1) is 9.58. The Kier molecular flexibility index (Phi) is 4.98. The van der Waals surface area contributed by atoms with Crippen LogP contribution in [0.3, 0.4) is 0 Å². The summed E-state index contributed by atoms with van der Waals surface area (Å²) in [5, 5.41) is 0. The van der Waals surface area contributed by atoms with Crippen LogP contribution in [0.2, 0.25) is 0 Å². The fourth-order valence-corrected chi connectivity index (χ4v) is 2.16. The molecular formula is C15H22N2O3. The predicted octanol–water partition coefficient (Wildman–Crippen LogP) is 1.25. The van der Waals surface area contributed by atoms with E-state index in [2.05, 4.69) is 0 Å². The number of ether oxygens (including phenoxy) is 2. The van der Waals surface area contributed by atoms with E-state index in [0.717, 1.165) is 16.9 Å². The molecule has 1 heterocycles. The highest BCUT2D eigenvalue weighted by atomic mass is 16.5. The van der Waals surface area contributed by atoms with Gasteiger partial charge in [-0.1, -0.05) is 12.1 Å². The van der Waals surface area contributed by atoms with E-state index in [1.807, 2.05) is 32.0 Å². The molecule has 5 heteroatoms. The Balaban J connectivity index is 1.91. The van der Waals surface area contributed by atoms with Gasteiger partial charge in [0.05, 0.1) is 13.2 Å². The minimum atomic E-state index is -0.00210. The van der Waals surface area contributed by atoms with E-state index in [0.29, 0.717) is 26.3 Å². The zero-order valence-corrected chi connectivity index (χ0v) is 12.1. The van der Waals surface area contributed by atoms with Gasteiger partial charge in [-0.25, -0.2) is 0 Å². The van der Waals surface area contributed by atoms with Crippen molar-refractivity contribution in [2.75, 3.05) is 32.9 Å². The number of amides is 1. The van der Waals surface area contributed by atoms with Crippen LogP contribution < -0.4 is 10.5 Å². The molecule has 20 heavy (non-hydrogen) atoms. The van der Waals surface area contributed by atoms with Gasteiger partial charge in [0.2, 0.25) is 0 Å². The van der Waals surface area contributed by atoms with Crippen LogP contribution in [0.15, 0.2) is 18.2 Å². The average molecular weight is 278 g/mol. The maximum Gasteiger partial charge on any atom is 0.260 e. The molecule has 1 aliphatic rings. The van der Waals surface area contributed by atoms with Crippen molar-refractivity contribution in [2.45, 2.75) is 19.9 Å². The van der Waals surface area contributed by atoms with Gasteiger partial charge in [-0.05, 0) is 31.0 Å². The second kappa shape index (κ2) is 6.72. The van der Waals surface area contributed by atoms with E-state index < -0.39 is 0 Å². The number of hydrogen-bond acceptors (Lipinski definition) is 4. The van der Waals surface area contributed by atoms with Crippen molar-refractivity contribution in [1.29, 1.82) is 0 Å². The van der Waals surface area contributed by atoms with Crippen LogP contribution >= 0.6 is 0 Å². The number of morpholine rings is 1. The Hall–Kier alpha value is -1.59. The normalized spacial score (nSPS) is 16.9. The number of benzene rings is 1. The molecule has 0 spiro atoms. The Morgan fingerprint density at radius 1 is 1.45 bits per heavy atom. The summed E-state index contributed by atoms with van der Waals surface area (Å²) in [4.78, 5) is 13.8. The number of carbonyl (C=O) groups is 1. The van der Waals surface area contributed by atoms with Crippen LogP contribution in [0.5, 0.6) is 5.75 Å². The van der Waals surface area contributed by atoms with Gasteiger partial charge in [-0.2, -0.15) is 0 Å². The van der Waals surface area contributed by atoms with Crippen molar-refractivity contribution < 1.29 is 14.3 Å². The van der Waals surface area contributed by atoms with E-state index >= 15 is 0 Å². The summed E-state index contributed by atoms with van der Waals surface area (Å²) in [5.74, 6) is 0.736. The van der Waals surface area contributed by atoms with Crippen LogP contribution in [0.25, 0.3) is 0 Å². The van der Waals surface area contributed by atoms with Crippen LogP contribution in [0.4, 0.5) is 0 Å². The number of hydrogen-bond donors (Lipinski definition) is 1. The maximum atomic E-state index is 12.0. The van der Waals surface area contributed by atoms with Crippen LogP contribution in [-0.4, -0.2) is 43.7 Å². The lowest BCUT2D eigenvalue weighted by Gasteiger charge is -2.26. The van der Waals surface area contributed by atoms with Gasteiger partial charge < -0.3 is 20.1 Å². The summed E-state index contributed by atoms with van der Waals surface area (Å²) >= 11 is 0. The van der Waals surface area contributed by atoms with Crippen LogP contribution in [0.1, 0.15) is 24.1 Å². The molecular weight excluding hydrogens is 256 g/mol. The highest BCUT2D eigenvalue weighted by Crippen LogP contribution is 2.21. The van der Waals surface area contributed by atoms with Gasteiger partial charge >= 0.3 is 0 Å². The molecule has 2 rings (SSSR count). The third-order valence-corrected chi connectivity index (χ3v) is 3.44. The van der Waals surface area contributed by atoms with Gasteiger partial charge in [0.1, 0.15) is 5.75 Å². The molecule has 110 valence electrons. The molecule has 1 saturated heterocycles. The largest absolute Gasteiger partial charge is 0.484 e. The zero-order chi connectivity index (χ0) is 14.5. The third kappa shape index (κ3) is 3.71.